The molecule has 2 aromatic rings. The molecule has 4 rings (SSSR count). The number of amides is 3. The van der Waals surface area contributed by atoms with Gasteiger partial charge in [0, 0.05) is 31.0 Å². The molecule has 1 atom stereocenters. The average molecular weight is 501 g/mol. The van der Waals surface area contributed by atoms with Crippen LogP contribution in [0.2, 0.25) is 0 Å². The van der Waals surface area contributed by atoms with E-state index in [1.165, 1.54) is 29.2 Å². The molecule has 1 aliphatic heterocycles. The Bertz CT molecular complexity index is 1130. The van der Waals surface area contributed by atoms with E-state index in [0.717, 1.165) is 27.5 Å². The van der Waals surface area contributed by atoms with Gasteiger partial charge in [0.15, 0.2) is 5.13 Å². The van der Waals surface area contributed by atoms with Crippen LogP contribution in [0.15, 0.2) is 40.1 Å². The van der Waals surface area contributed by atoms with E-state index >= 15 is 0 Å². The summed E-state index contributed by atoms with van der Waals surface area (Å²) < 4.78 is 6.44. The number of aryl methyl sites for hydroxylation is 1. The summed E-state index contributed by atoms with van der Waals surface area (Å²) in [6, 6.07) is 3.64. The SMILES string of the molecule is C=CC(=O)N1CC[C@H](N(C)C(=O)c2cc(Sc3cnc(NC(=O)C4CC4)s3)c(C)cc2OC)C1. The van der Waals surface area contributed by atoms with Crippen LogP contribution in [0.4, 0.5) is 5.13 Å². The van der Waals surface area contributed by atoms with Crippen LogP contribution in [0.5, 0.6) is 5.75 Å². The Kier molecular flexibility index (Phi) is 7.27. The predicted molar refractivity (Wildman–Crippen MR) is 133 cm³/mol. The molecule has 0 unspecified atom stereocenters. The van der Waals surface area contributed by atoms with Crippen LogP contribution < -0.4 is 10.1 Å². The average Bonchev–Trinajstić information content (AvgIpc) is 3.42. The summed E-state index contributed by atoms with van der Waals surface area (Å²) in [5.74, 6) is 0.391. The molecule has 34 heavy (non-hydrogen) atoms. The Morgan fingerprint density at radius 1 is 1.32 bits per heavy atom. The molecule has 0 bridgehead atoms. The molecule has 2 aliphatic rings. The highest BCUT2D eigenvalue weighted by Gasteiger charge is 2.32. The molecule has 1 aliphatic carbocycles. The first kappa shape index (κ1) is 24.3. The molecule has 0 radical (unpaired) electrons. The van der Waals surface area contributed by atoms with Crippen LogP contribution in [0.25, 0.3) is 0 Å². The van der Waals surface area contributed by atoms with E-state index in [1.54, 1.807) is 30.2 Å². The number of aromatic nitrogens is 1. The number of hydrogen-bond donors (Lipinski definition) is 1. The topological polar surface area (TPSA) is 91.8 Å². The lowest BCUT2D eigenvalue weighted by molar-refractivity contribution is -0.125. The second kappa shape index (κ2) is 10.2. The van der Waals surface area contributed by atoms with Crippen molar-refractivity contribution in [2.75, 3.05) is 32.6 Å². The third-order valence-electron chi connectivity index (χ3n) is 6.12. The normalized spacial score (nSPS) is 17.4. The van der Waals surface area contributed by atoms with Crippen molar-refractivity contribution in [2.45, 2.75) is 41.3 Å². The fourth-order valence-electron chi connectivity index (χ4n) is 3.88. The van der Waals surface area contributed by atoms with Gasteiger partial charge in [-0.05, 0) is 50.0 Å². The molecule has 10 heteroatoms. The fourth-order valence-corrected chi connectivity index (χ4v) is 5.82. The van der Waals surface area contributed by atoms with Crippen molar-refractivity contribution in [1.82, 2.24) is 14.8 Å². The monoisotopic (exact) mass is 500 g/mol. The highest BCUT2D eigenvalue weighted by Crippen LogP contribution is 2.39. The minimum absolute atomic E-state index is 0.0303. The molecule has 2 fully saturated rings. The molecular formula is C24H28N4O4S2. The molecular weight excluding hydrogens is 472 g/mol. The van der Waals surface area contributed by atoms with E-state index in [2.05, 4.69) is 16.9 Å². The van der Waals surface area contributed by atoms with E-state index in [1.807, 2.05) is 19.1 Å². The second-order valence-electron chi connectivity index (χ2n) is 8.51. The Hall–Kier alpha value is -2.85. The molecule has 0 spiro atoms. The van der Waals surface area contributed by atoms with Crippen molar-refractivity contribution in [3.63, 3.8) is 0 Å². The summed E-state index contributed by atoms with van der Waals surface area (Å²) in [5.41, 5.74) is 1.44. The van der Waals surface area contributed by atoms with E-state index in [0.29, 0.717) is 36.0 Å². The second-order valence-corrected chi connectivity index (χ2v) is 10.9. The highest BCUT2D eigenvalue weighted by molar-refractivity contribution is 8.01. The zero-order valence-corrected chi connectivity index (χ0v) is 21.1. The number of nitrogens with one attached hydrogen (secondary N) is 1. The van der Waals surface area contributed by atoms with Gasteiger partial charge in [0.2, 0.25) is 11.8 Å². The Labute approximate surface area is 207 Å². The smallest absolute Gasteiger partial charge is 0.257 e. The summed E-state index contributed by atoms with van der Waals surface area (Å²) in [6.07, 6.45) is 5.64. The lowest BCUT2D eigenvalue weighted by Gasteiger charge is -2.26. The van der Waals surface area contributed by atoms with Crippen molar-refractivity contribution in [3.05, 3.63) is 42.1 Å². The quantitative estimate of drug-likeness (QED) is 0.554. The van der Waals surface area contributed by atoms with Gasteiger partial charge in [-0.1, -0.05) is 29.7 Å². The van der Waals surface area contributed by atoms with E-state index < -0.39 is 0 Å². The number of likely N-dealkylation sites (N-methyl/N-ethyl adjacent to an activating group) is 1. The van der Waals surface area contributed by atoms with E-state index in [4.69, 9.17) is 4.74 Å². The van der Waals surface area contributed by atoms with Crippen molar-refractivity contribution < 1.29 is 19.1 Å². The van der Waals surface area contributed by atoms with Gasteiger partial charge in [-0.15, -0.1) is 0 Å². The maximum Gasteiger partial charge on any atom is 0.257 e. The number of rotatable bonds is 8. The van der Waals surface area contributed by atoms with Crippen LogP contribution in [0, 0.1) is 12.8 Å². The zero-order valence-electron chi connectivity index (χ0n) is 19.5. The molecule has 3 amide bonds. The van der Waals surface area contributed by atoms with Gasteiger partial charge in [0.05, 0.1) is 29.1 Å². The van der Waals surface area contributed by atoms with Crippen LogP contribution in [0.1, 0.15) is 35.2 Å². The van der Waals surface area contributed by atoms with Crippen LogP contribution >= 0.6 is 23.1 Å². The van der Waals surface area contributed by atoms with E-state index in [-0.39, 0.29) is 29.7 Å². The van der Waals surface area contributed by atoms with Gasteiger partial charge in [-0.25, -0.2) is 4.98 Å². The Balaban J connectivity index is 1.50. The van der Waals surface area contributed by atoms with Crippen LogP contribution in [-0.2, 0) is 9.59 Å². The molecule has 1 saturated carbocycles. The van der Waals surface area contributed by atoms with Gasteiger partial charge >= 0.3 is 0 Å². The summed E-state index contributed by atoms with van der Waals surface area (Å²) >= 11 is 2.92. The first-order chi connectivity index (χ1) is 16.3. The zero-order chi connectivity index (χ0) is 24.4. The summed E-state index contributed by atoms with van der Waals surface area (Å²) in [4.78, 5) is 46.0. The van der Waals surface area contributed by atoms with Crippen molar-refractivity contribution in [1.29, 1.82) is 0 Å². The number of carbonyl (C=O) groups excluding carboxylic acids is 3. The third kappa shape index (κ3) is 5.28. The van der Waals surface area contributed by atoms with Crippen molar-refractivity contribution in [2.24, 2.45) is 5.92 Å². The van der Waals surface area contributed by atoms with Crippen molar-refractivity contribution >= 4 is 46.0 Å². The number of carbonyl (C=O) groups is 3. The third-order valence-corrected chi connectivity index (χ3v) is 8.29. The summed E-state index contributed by atoms with van der Waals surface area (Å²) in [6.45, 7) is 6.60. The maximum absolute atomic E-state index is 13.4. The number of thiazole rings is 1. The van der Waals surface area contributed by atoms with Gasteiger partial charge in [-0.3, -0.25) is 14.4 Å². The van der Waals surface area contributed by atoms with E-state index in [9.17, 15) is 14.4 Å². The van der Waals surface area contributed by atoms with Gasteiger partial charge < -0.3 is 19.9 Å². The number of hydrogen-bond acceptors (Lipinski definition) is 7. The fraction of sp³-hybridized carbons (Fsp3) is 0.417. The van der Waals surface area contributed by atoms with Gasteiger partial charge in [-0.2, -0.15) is 0 Å². The molecule has 180 valence electrons. The Morgan fingerprint density at radius 3 is 2.76 bits per heavy atom. The number of nitrogens with zero attached hydrogens (tertiary/aromatic N) is 3. The lowest BCUT2D eigenvalue weighted by Crippen LogP contribution is -2.40. The molecule has 1 aromatic heterocycles. The Morgan fingerprint density at radius 2 is 2.09 bits per heavy atom. The van der Waals surface area contributed by atoms with Gasteiger partial charge in [0.25, 0.3) is 5.91 Å². The molecule has 8 nitrogen and oxygen atoms in total. The molecule has 1 aromatic carbocycles. The summed E-state index contributed by atoms with van der Waals surface area (Å²) in [7, 11) is 3.31. The number of likely N-dealkylation sites (tertiary alicyclic amines) is 1. The maximum atomic E-state index is 13.4. The van der Waals surface area contributed by atoms with Crippen LogP contribution in [-0.4, -0.2) is 65.8 Å². The molecule has 1 N–H and O–H groups in total. The largest absolute Gasteiger partial charge is 0.496 e. The molecule has 1 saturated heterocycles. The lowest BCUT2D eigenvalue weighted by atomic mass is 10.1. The number of ether oxygens (including phenoxy) is 1. The van der Waals surface area contributed by atoms with Gasteiger partial charge in [0.1, 0.15) is 5.75 Å². The number of methoxy groups -OCH3 is 1. The van der Waals surface area contributed by atoms with Crippen LogP contribution in [0.3, 0.4) is 0 Å². The minimum Gasteiger partial charge on any atom is -0.496 e. The standard InChI is InChI=1S/C24H28N4O4S2/c1-5-20(29)28-9-8-16(13-28)27(3)23(31)17-11-19(14(2)10-18(17)32-4)33-21-12-25-24(34-21)26-22(30)15-6-7-15/h5,10-12,15-16H,1,6-9,13H2,2-4H3,(H,25,26,30)/t16-/m0/s1. The highest BCUT2D eigenvalue weighted by atomic mass is 32.2. The number of anilines is 1. The first-order valence-electron chi connectivity index (χ1n) is 11.1. The summed E-state index contributed by atoms with van der Waals surface area (Å²) in [5, 5.41) is 3.46. The number of benzene rings is 1. The predicted octanol–water partition coefficient (Wildman–Crippen LogP) is 3.82. The van der Waals surface area contributed by atoms with Crippen molar-refractivity contribution in [3.8, 4) is 5.75 Å². The minimum atomic E-state index is -0.154. The first-order valence-corrected chi connectivity index (χ1v) is 12.8. The molecule has 2 heterocycles.